The number of aromatic nitrogens is 1. The highest BCUT2D eigenvalue weighted by molar-refractivity contribution is 7.97. The van der Waals surface area contributed by atoms with Crippen molar-refractivity contribution in [3.8, 4) is 0 Å². The number of nitrogens with zero attached hydrogens (tertiary/aromatic N) is 2. The minimum absolute atomic E-state index is 0.249. The molecule has 6 heteroatoms. The third-order valence-corrected chi connectivity index (χ3v) is 4.85. The fourth-order valence-electron chi connectivity index (χ4n) is 2.48. The van der Waals surface area contributed by atoms with Gasteiger partial charge in [0.05, 0.1) is 22.4 Å². The average Bonchev–Trinajstić information content (AvgIpc) is 2.81. The van der Waals surface area contributed by atoms with Gasteiger partial charge in [-0.2, -0.15) is 0 Å². The molecule has 0 saturated carbocycles. The molecule has 2 atom stereocenters. The molecule has 1 aromatic carbocycles. The zero-order valence-corrected chi connectivity index (χ0v) is 12.6. The molecule has 2 N–H and O–H groups in total. The number of morpholine rings is 1. The van der Waals surface area contributed by atoms with E-state index in [1.807, 2.05) is 12.1 Å². The second kappa shape index (κ2) is 5.28. The lowest BCUT2D eigenvalue weighted by atomic mass is 10.2. The molecule has 1 aliphatic rings. The first-order valence-electron chi connectivity index (χ1n) is 6.34. The van der Waals surface area contributed by atoms with Gasteiger partial charge >= 0.3 is 0 Å². The Morgan fingerprint density at radius 1 is 1.37 bits per heavy atom. The molecule has 1 aromatic heterocycles. The van der Waals surface area contributed by atoms with Gasteiger partial charge in [0.1, 0.15) is 0 Å². The van der Waals surface area contributed by atoms with Crippen molar-refractivity contribution in [3.63, 3.8) is 0 Å². The van der Waals surface area contributed by atoms with Gasteiger partial charge in [0.25, 0.3) is 0 Å². The van der Waals surface area contributed by atoms with Crippen LogP contribution in [0.25, 0.3) is 10.2 Å². The monoisotopic (exact) mass is 295 g/mol. The van der Waals surface area contributed by atoms with E-state index in [1.54, 1.807) is 11.3 Å². The summed E-state index contributed by atoms with van der Waals surface area (Å²) in [5.74, 6) is 0. The number of thiazole rings is 1. The quantitative estimate of drug-likeness (QED) is 0.863. The Hall–Kier alpha value is -0.820. The Morgan fingerprint density at radius 2 is 2.11 bits per heavy atom. The number of hydrogen-bond acceptors (Lipinski definition) is 6. The van der Waals surface area contributed by atoms with Crippen LogP contribution in [0.15, 0.2) is 23.1 Å². The Kier molecular flexibility index (Phi) is 3.66. The third kappa shape index (κ3) is 2.58. The van der Waals surface area contributed by atoms with E-state index < -0.39 is 0 Å². The maximum Gasteiger partial charge on any atom is 0.186 e. The van der Waals surface area contributed by atoms with Crippen LogP contribution < -0.4 is 10.0 Å². The number of nitrogens with two attached hydrogens (primary N) is 1. The SMILES string of the molecule is CC1CN(c2nc3c(SN)cccc3s2)CC(C)O1. The highest BCUT2D eigenvalue weighted by atomic mass is 32.2. The third-order valence-electron chi connectivity index (χ3n) is 3.19. The van der Waals surface area contributed by atoms with Crippen molar-refractivity contribution in [1.82, 2.24) is 4.98 Å². The maximum absolute atomic E-state index is 5.77. The van der Waals surface area contributed by atoms with E-state index in [1.165, 1.54) is 16.6 Å². The zero-order valence-electron chi connectivity index (χ0n) is 11.0. The van der Waals surface area contributed by atoms with Gasteiger partial charge in [-0.05, 0) is 37.9 Å². The van der Waals surface area contributed by atoms with Crippen LogP contribution in [0.3, 0.4) is 0 Å². The summed E-state index contributed by atoms with van der Waals surface area (Å²) >= 11 is 2.99. The number of benzene rings is 1. The summed E-state index contributed by atoms with van der Waals surface area (Å²) < 4.78 is 6.96. The highest BCUT2D eigenvalue weighted by Crippen LogP contribution is 2.34. The zero-order chi connectivity index (χ0) is 13.4. The van der Waals surface area contributed by atoms with Crippen molar-refractivity contribution in [1.29, 1.82) is 0 Å². The molecule has 2 heterocycles. The van der Waals surface area contributed by atoms with E-state index in [0.29, 0.717) is 0 Å². The van der Waals surface area contributed by atoms with E-state index in [4.69, 9.17) is 14.9 Å². The van der Waals surface area contributed by atoms with Crippen LogP contribution in [0.5, 0.6) is 0 Å². The summed E-state index contributed by atoms with van der Waals surface area (Å²) in [5, 5.41) is 6.76. The molecule has 19 heavy (non-hydrogen) atoms. The van der Waals surface area contributed by atoms with Gasteiger partial charge in [-0.1, -0.05) is 17.4 Å². The minimum Gasteiger partial charge on any atom is -0.372 e. The lowest BCUT2D eigenvalue weighted by Gasteiger charge is -2.35. The standard InChI is InChI=1S/C13H17N3OS2/c1-8-6-16(7-9(2)17-8)13-15-12-10(18-13)4-3-5-11(12)19-14/h3-5,8-9H,6-7,14H2,1-2H3. The van der Waals surface area contributed by atoms with Gasteiger partial charge < -0.3 is 9.64 Å². The normalized spacial score (nSPS) is 24.1. The van der Waals surface area contributed by atoms with Gasteiger partial charge in [0, 0.05) is 18.0 Å². The minimum atomic E-state index is 0.249. The summed E-state index contributed by atoms with van der Waals surface area (Å²) in [5.41, 5.74) is 1.02. The second-order valence-corrected chi connectivity index (χ2v) is 6.56. The number of hydrogen-bond donors (Lipinski definition) is 1. The Morgan fingerprint density at radius 3 is 2.79 bits per heavy atom. The molecule has 3 rings (SSSR count). The molecule has 1 saturated heterocycles. The number of ether oxygens (including phenoxy) is 1. The topological polar surface area (TPSA) is 51.4 Å². The van der Waals surface area contributed by atoms with Crippen LogP contribution in [0, 0.1) is 0 Å². The van der Waals surface area contributed by atoms with E-state index in [-0.39, 0.29) is 12.2 Å². The number of para-hydroxylation sites is 1. The van der Waals surface area contributed by atoms with Crippen LogP contribution in [0.1, 0.15) is 13.8 Å². The van der Waals surface area contributed by atoms with Crippen molar-refractivity contribution in [3.05, 3.63) is 18.2 Å². The largest absolute Gasteiger partial charge is 0.372 e. The summed E-state index contributed by atoms with van der Waals surface area (Å²) in [6.07, 6.45) is 0.498. The number of rotatable bonds is 2. The molecule has 0 aliphatic carbocycles. The van der Waals surface area contributed by atoms with Crippen LogP contribution in [-0.4, -0.2) is 30.3 Å². The molecule has 2 unspecified atom stereocenters. The first-order chi connectivity index (χ1) is 9.17. The maximum atomic E-state index is 5.77. The molecule has 102 valence electrons. The van der Waals surface area contributed by atoms with E-state index in [9.17, 15) is 0 Å². The van der Waals surface area contributed by atoms with E-state index >= 15 is 0 Å². The average molecular weight is 295 g/mol. The fourth-order valence-corrected chi connectivity index (χ4v) is 3.98. The van der Waals surface area contributed by atoms with Gasteiger partial charge in [0.2, 0.25) is 0 Å². The van der Waals surface area contributed by atoms with Crippen LogP contribution in [-0.2, 0) is 4.74 Å². The molecule has 1 fully saturated rings. The first kappa shape index (κ1) is 13.2. The van der Waals surface area contributed by atoms with Crippen molar-refractivity contribution < 1.29 is 4.74 Å². The number of anilines is 1. The molecule has 0 amide bonds. The lowest BCUT2D eigenvalue weighted by Crippen LogP contribution is -2.45. The summed E-state index contributed by atoms with van der Waals surface area (Å²) in [4.78, 5) is 8.11. The molecule has 0 spiro atoms. The molecule has 0 bridgehead atoms. The first-order valence-corrected chi connectivity index (χ1v) is 8.03. The molecule has 0 radical (unpaired) electrons. The Balaban J connectivity index is 1.97. The van der Waals surface area contributed by atoms with Gasteiger partial charge in [-0.15, -0.1) is 0 Å². The number of fused-ring (bicyclic) bond motifs is 1. The summed E-state index contributed by atoms with van der Waals surface area (Å²) in [7, 11) is 0. The lowest BCUT2D eigenvalue weighted by molar-refractivity contribution is -0.00521. The summed E-state index contributed by atoms with van der Waals surface area (Å²) in [6, 6.07) is 6.15. The van der Waals surface area contributed by atoms with Crippen molar-refractivity contribution in [2.24, 2.45) is 5.14 Å². The molecule has 1 aliphatic heterocycles. The molecular weight excluding hydrogens is 278 g/mol. The molecular formula is C13H17N3OS2. The van der Waals surface area contributed by atoms with E-state index in [0.717, 1.165) is 28.6 Å². The van der Waals surface area contributed by atoms with Crippen molar-refractivity contribution in [2.75, 3.05) is 18.0 Å². The van der Waals surface area contributed by atoms with Gasteiger partial charge in [-0.3, -0.25) is 5.14 Å². The smallest absolute Gasteiger partial charge is 0.186 e. The predicted octanol–water partition coefficient (Wildman–Crippen LogP) is 2.88. The molecule has 4 nitrogen and oxygen atoms in total. The van der Waals surface area contributed by atoms with Gasteiger partial charge in [0.15, 0.2) is 5.13 Å². The van der Waals surface area contributed by atoms with Crippen molar-refractivity contribution >= 4 is 38.6 Å². The highest BCUT2D eigenvalue weighted by Gasteiger charge is 2.24. The summed E-state index contributed by atoms with van der Waals surface area (Å²) in [6.45, 7) is 6.01. The van der Waals surface area contributed by atoms with Crippen LogP contribution >= 0.6 is 23.3 Å². The Labute approximate surface area is 121 Å². The van der Waals surface area contributed by atoms with E-state index in [2.05, 4.69) is 24.8 Å². The van der Waals surface area contributed by atoms with Crippen LogP contribution in [0.4, 0.5) is 5.13 Å². The predicted molar refractivity (Wildman–Crippen MR) is 81.9 cm³/mol. The fraction of sp³-hybridized carbons (Fsp3) is 0.462. The second-order valence-electron chi connectivity index (χ2n) is 4.88. The molecule has 2 aromatic rings. The van der Waals surface area contributed by atoms with Gasteiger partial charge in [-0.25, -0.2) is 4.98 Å². The van der Waals surface area contributed by atoms with Crippen molar-refractivity contribution in [2.45, 2.75) is 31.0 Å². The Bertz CT molecular complexity index is 576. The van der Waals surface area contributed by atoms with Crippen LogP contribution in [0.2, 0.25) is 0 Å².